The van der Waals surface area contributed by atoms with Gasteiger partial charge >= 0.3 is 0 Å². The van der Waals surface area contributed by atoms with Gasteiger partial charge in [0.15, 0.2) is 5.65 Å². The van der Waals surface area contributed by atoms with Crippen LogP contribution in [0.25, 0.3) is 16.9 Å². The zero-order chi connectivity index (χ0) is 17.2. The molecule has 0 saturated heterocycles. The van der Waals surface area contributed by atoms with Crippen LogP contribution >= 0.6 is 11.8 Å². The summed E-state index contributed by atoms with van der Waals surface area (Å²) >= 11 is 1.59. The van der Waals surface area contributed by atoms with E-state index in [2.05, 4.69) is 46.5 Å². The van der Waals surface area contributed by atoms with Crippen molar-refractivity contribution >= 4 is 17.4 Å². The maximum absolute atomic E-state index is 13.1. The largest absolute Gasteiger partial charge is 0.212 e. The summed E-state index contributed by atoms with van der Waals surface area (Å²) in [6.45, 7) is 2.08. The van der Waals surface area contributed by atoms with Crippen LogP contribution in [0.15, 0.2) is 65.8 Å². The normalized spacial score (nSPS) is 11.1. The van der Waals surface area contributed by atoms with Gasteiger partial charge in [0.25, 0.3) is 0 Å². The highest BCUT2D eigenvalue weighted by atomic mass is 32.2. The third kappa shape index (κ3) is 3.39. The second-order valence-corrected chi connectivity index (χ2v) is 6.70. The molecule has 4 nitrogen and oxygen atoms in total. The first-order chi connectivity index (χ1) is 12.2. The van der Waals surface area contributed by atoms with Crippen LogP contribution in [-0.4, -0.2) is 19.8 Å². The van der Waals surface area contributed by atoms with Gasteiger partial charge in [0, 0.05) is 11.3 Å². The lowest BCUT2D eigenvalue weighted by molar-refractivity contribution is 0.628. The number of halogens is 1. The van der Waals surface area contributed by atoms with Gasteiger partial charge in [0.1, 0.15) is 5.82 Å². The van der Waals surface area contributed by atoms with Crippen LogP contribution in [0.4, 0.5) is 4.39 Å². The van der Waals surface area contributed by atoms with Crippen molar-refractivity contribution in [1.29, 1.82) is 0 Å². The highest BCUT2D eigenvalue weighted by molar-refractivity contribution is 7.98. The number of nitrogens with zero attached hydrogens (tertiary/aromatic N) is 4. The molecular weight excluding hydrogens is 335 g/mol. The van der Waals surface area contributed by atoms with Gasteiger partial charge in [-0.25, -0.2) is 4.39 Å². The van der Waals surface area contributed by atoms with Crippen molar-refractivity contribution in [2.24, 2.45) is 0 Å². The van der Waals surface area contributed by atoms with Gasteiger partial charge < -0.3 is 0 Å². The molecule has 0 N–H and O–H groups in total. The summed E-state index contributed by atoms with van der Waals surface area (Å²) in [5, 5.41) is 13.8. The number of hydrogen-bond donors (Lipinski definition) is 0. The fraction of sp³-hybridized carbons (Fsp3) is 0.105. The number of fused-ring (bicyclic) bond motifs is 1. The zero-order valence-corrected chi connectivity index (χ0v) is 14.4. The molecule has 0 spiro atoms. The number of benzene rings is 2. The molecular formula is C19H15FN4S. The van der Waals surface area contributed by atoms with Crippen LogP contribution in [0.3, 0.4) is 0 Å². The molecule has 0 radical (unpaired) electrons. The molecule has 2 aromatic heterocycles. The SMILES string of the molecule is Cc1cccc(CSc2nnc3ccc(-c4ccc(F)cc4)nn23)c1. The van der Waals surface area contributed by atoms with Crippen LogP contribution in [0.1, 0.15) is 11.1 Å². The average molecular weight is 350 g/mol. The Balaban J connectivity index is 1.63. The Bertz CT molecular complexity index is 1030. The lowest BCUT2D eigenvalue weighted by Crippen LogP contribution is -1.96. The molecule has 0 aliphatic carbocycles. The molecule has 0 atom stereocenters. The first kappa shape index (κ1) is 15.8. The molecule has 0 saturated carbocycles. The van der Waals surface area contributed by atoms with Crippen molar-refractivity contribution in [2.75, 3.05) is 0 Å². The smallest absolute Gasteiger partial charge is 0.207 e. The third-order valence-corrected chi connectivity index (χ3v) is 4.82. The van der Waals surface area contributed by atoms with Crippen molar-refractivity contribution in [3.8, 4) is 11.3 Å². The summed E-state index contributed by atoms with van der Waals surface area (Å²) in [5.74, 6) is 0.536. The molecule has 6 heteroatoms. The van der Waals surface area contributed by atoms with E-state index in [0.717, 1.165) is 22.2 Å². The van der Waals surface area contributed by atoms with Crippen LogP contribution in [-0.2, 0) is 5.75 Å². The van der Waals surface area contributed by atoms with E-state index in [1.54, 1.807) is 28.4 Å². The Labute approximate surface area is 148 Å². The van der Waals surface area contributed by atoms with E-state index < -0.39 is 0 Å². The van der Waals surface area contributed by atoms with Gasteiger partial charge in [-0.05, 0) is 48.9 Å². The van der Waals surface area contributed by atoms with Crippen molar-refractivity contribution in [3.05, 3.63) is 77.6 Å². The number of hydrogen-bond acceptors (Lipinski definition) is 4. The van der Waals surface area contributed by atoms with Gasteiger partial charge in [0.2, 0.25) is 5.16 Å². The van der Waals surface area contributed by atoms with Crippen LogP contribution in [0.2, 0.25) is 0 Å². The second-order valence-electron chi connectivity index (χ2n) is 5.76. The van der Waals surface area contributed by atoms with Gasteiger partial charge in [-0.1, -0.05) is 41.6 Å². The number of thioether (sulfide) groups is 1. The summed E-state index contributed by atoms with van der Waals surface area (Å²) in [4.78, 5) is 0. The van der Waals surface area contributed by atoms with Crippen LogP contribution in [0.5, 0.6) is 0 Å². The fourth-order valence-corrected chi connectivity index (χ4v) is 3.41. The van der Waals surface area contributed by atoms with Crippen LogP contribution < -0.4 is 0 Å². The van der Waals surface area contributed by atoms with Gasteiger partial charge in [-0.2, -0.15) is 9.61 Å². The minimum absolute atomic E-state index is 0.261. The predicted octanol–water partition coefficient (Wildman–Crippen LogP) is 4.53. The molecule has 2 aromatic carbocycles. The van der Waals surface area contributed by atoms with Crippen molar-refractivity contribution in [1.82, 2.24) is 19.8 Å². The lowest BCUT2D eigenvalue weighted by atomic mass is 10.1. The first-order valence-corrected chi connectivity index (χ1v) is 8.84. The van der Waals surface area contributed by atoms with E-state index in [0.29, 0.717) is 5.65 Å². The molecule has 4 aromatic rings. The second kappa shape index (κ2) is 6.64. The topological polar surface area (TPSA) is 43.1 Å². The molecule has 0 unspecified atom stereocenters. The molecule has 124 valence electrons. The van der Waals surface area contributed by atoms with E-state index in [-0.39, 0.29) is 5.82 Å². The fourth-order valence-electron chi connectivity index (χ4n) is 2.58. The van der Waals surface area contributed by atoms with E-state index in [1.807, 2.05) is 12.1 Å². The minimum atomic E-state index is -0.261. The van der Waals surface area contributed by atoms with Gasteiger partial charge in [-0.3, -0.25) is 0 Å². The summed E-state index contributed by atoms with van der Waals surface area (Å²) in [6, 6.07) is 18.4. The highest BCUT2D eigenvalue weighted by Gasteiger charge is 2.10. The predicted molar refractivity (Wildman–Crippen MR) is 96.9 cm³/mol. The molecule has 0 aliphatic heterocycles. The van der Waals surface area contributed by atoms with Gasteiger partial charge in [0.05, 0.1) is 5.69 Å². The first-order valence-electron chi connectivity index (χ1n) is 7.86. The Morgan fingerprint density at radius 3 is 2.64 bits per heavy atom. The minimum Gasteiger partial charge on any atom is -0.207 e. The van der Waals surface area contributed by atoms with Crippen molar-refractivity contribution in [2.45, 2.75) is 17.8 Å². The number of aromatic nitrogens is 4. The maximum Gasteiger partial charge on any atom is 0.212 e. The zero-order valence-electron chi connectivity index (χ0n) is 13.6. The highest BCUT2D eigenvalue weighted by Crippen LogP contribution is 2.23. The summed E-state index contributed by atoms with van der Waals surface area (Å²) in [7, 11) is 0. The third-order valence-electron chi connectivity index (χ3n) is 3.82. The lowest BCUT2D eigenvalue weighted by Gasteiger charge is -2.04. The van der Waals surface area contributed by atoms with E-state index in [9.17, 15) is 4.39 Å². The Morgan fingerprint density at radius 1 is 1.00 bits per heavy atom. The molecule has 2 heterocycles. The summed E-state index contributed by atoms with van der Waals surface area (Å²) in [6.07, 6.45) is 0. The molecule has 4 rings (SSSR count). The number of aryl methyl sites for hydroxylation is 1. The average Bonchev–Trinajstić information content (AvgIpc) is 3.03. The monoisotopic (exact) mass is 350 g/mol. The standard InChI is InChI=1S/C19H15FN4S/c1-13-3-2-4-14(11-13)12-25-19-22-21-18-10-9-17(23-24(18)19)15-5-7-16(20)8-6-15/h2-11H,12H2,1H3. The Hall–Kier alpha value is -2.73. The van der Waals surface area contributed by atoms with E-state index in [4.69, 9.17) is 0 Å². The van der Waals surface area contributed by atoms with E-state index in [1.165, 1.54) is 23.3 Å². The molecule has 0 amide bonds. The Kier molecular flexibility index (Phi) is 4.19. The summed E-state index contributed by atoms with van der Waals surface area (Å²) < 4.78 is 14.8. The van der Waals surface area contributed by atoms with Crippen molar-refractivity contribution in [3.63, 3.8) is 0 Å². The molecule has 25 heavy (non-hydrogen) atoms. The maximum atomic E-state index is 13.1. The summed E-state index contributed by atoms with van der Waals surface area (Å²) in [5.41, 5.74) is 4.77. The molecule has 0 aliphatic rings. The molecule has 0 fully saturated rings. The Morgan fingerprint density at radius 2 is 1.84 bits per heavy atom. The van der Waals surface area contributed by atoms with Crippen LogP contribution in [0, 0.1) is 12.7 Å². The molecule has 0 bridgehead atoms. The van der Waals surface area contributed by atoms with E-state index >= 15 is 0 Å². The van der Waals surface area contributed by atoms with Crippen molar-refractivity contribution < 1.29 is 4.39 Å². The number of rotatable bonds is 4. The van der Waals surface area contributed by atoms with Gasteiger partial charge in [-0.15, -0.1) is 10.2 Å². The quantitative estimate of drug-likeness (QED) is 0.507.